The van der Waals surface area contributed by atoms with E-state index in [1.165, 1.54) is 5.06 Å². The lowest BCUT2D eigenvalue weighted by Crippen LogP contribution is -2.45. The Morgan fingerprint density at radius 2 is 1.41 bits per heavy atom. The minimum absolute atomic E-state index is 0.596. The molecule has 2 heterocycles. The van der Waals surface area contributed by atoms with Crippen molar-refractivity contribution in [3.05, 3.63) is 102 Å². The van der Waals surface area contributed by atoms with E-state index < -0.39 is 5.66 Å². The van der Waals surface area contributed by atoms with Crippen LogP contribution in [0.5, 0.6) is 0 Å². The molecule has 0 bridgehead atoms. The van der Waals surface area contributed by atoms with Gasteiger partial charge >= 0.3 is 0 Å². The van der Waals surface area contributed by atoms with E-state index in [4.69, 9.17) is 0 Å². The van der Waals surface area contributed by atoms with Gasteiger partial charge in [0.2, 0.25) is 5.66 Å². The van der Waals surface area contributed by atoms with E-state index in [1.807, 2.05) is 84.9 Å². The molecule has 5 nitrogen and oxygen atoms in total. The first kappa shape index (κ1) is 15.7. The molecule has 0 aliphatic carbocycles. The summed E-state index contributed by atoms with van der Waals surface area (Å²) in [4.78, 5) is 4.37. The van der Waals surface area contributed by atoms with Gasteiger partial charge in [-0.3, -0.25) is 10.2 Å². The van der Waals surface area contributed by atoms with Crippen LogP contribution in [-0.2, 0) is 5.66 Å². The quantitative estimate of drug-likeness (QED) is 0.523. The van der Waals surface area contributed by atoms with Crippen molar-refractivity contribution in [2.45, 2.75) is 5.66 Å². The highest BCUT2D eigenvalue weighted by Crippen LogP contribution is 2.48. The number of hydrogen-bond acceptors (Lipinski definition) is 5. The Kier molecular flexibility index (Phi) is 3.48. The fraction of sp³-hybridized carbons (Fsp3) is 0.0455. The summed E-state index contributed by atoms with van der Waals surface area (Å²) >= 11 is 0. The van der Waals surface area contributed by atoms with E-state index in [-0.39, 0.29) is 0 Å². The van der Waals surface area contributed by atoms with Crippen LogP contribution in [0.15, 0.2) is 101 Å². The van der Waals surface area contributed by atoms with Gasteiger partial charge in [0, 0.05) is 22.7 Å². The largest absolute Gasteiger partial charge is 0.285 e. The number of azo groups is 1. The molecule has 3 aromatic carbocycles. The molecule has 0 unspecified atom stereocenters. The highest BCUT2D eigenvalue weighted by atomic mass is 16.5. The standard InChI is InChI=1S/C22H16N4O/c27-26-20-14-13-19-18(12-7-15-23-19)21(20)24-25-22(26,16-8-3-1-4-9-16)17-10-5-2-6-11-17/h1-15,27H. The maximum Gasteiger partial charge on any atom is 0.227 e. The molecule has 1 aliphatic rings. The first-order chi connectivity index (χ1) is 13.3. The van der Waals surface area contributed by atoms with Gasteiger partial charge in [-0.2, -0.15) is 0 Å². The molecule has 130 valence electrons. The van der Waals surface area contributed by atoms with E-state index in [9.17, 15) is 5.21 Å². The van der Waals surface area contributed by atoms with Gasteiger partial charge < -0.3 is 0 Å². The lowest BCUT2D eigenvalue weighted by molar-refractivity contribution is 0.168. The van der Waals surface area contributed by atoms with Crippen LogP contribution in [0.25, 0.3) is 10.9 Å². The van der Waals surface area contributed by atoms with Crippen LogP contribution in [0.4, 0.5) is 11.4 Å². The van der Waals surface area contributed by atoms with Gasteiger partial charge in [0.1, 0.15) is 5.69 Å². The van der Waals surface area contributed by atoms with Crippen LogP contribution in [0.3, 0.4) is 0 Å². The van der Waals surface area contributed by atoms with Crippen molar-refractivity contribution in [2.75, 3.05) is 5.06 Å². The molecule has 5 heteroatoms. The lowest BCUT2D eigenvalue weighted by Gasteiger charge is -2.40. The molecule has 0 amide bonds. The van der Waals surface area contributed by atoms with E-state index in [0.717, 1.165) is 22.0 Å². The third-order valence-electron chi connectivity index (χ3n) is 4.92. The molecule has 0 saturated heterocycles. The Bertz CT molecular complexity index is 1100. The van der Waals surface area contributed by atoms with Gasteiger partial charge in [-0.1, -0.05) is 60.7 Å². The van der Waals surface area contributed by atoms with Crippen molar-refractivity contribution in [1.82, 2.24) is 4.98 Å². The second-order valence-electron chi connectivity index (χ2n) is 6.42. The summed E-state index contributed by atoms with van der Waals surface area (Å²) in [5.74, 6) is 0. The number of benzene rings is 3. The van der Waals surface area contributed by atoms with Crippen LogP contribution < -0.4 is 5.06 Å². The third-order valence-corrected chi connectivity index (χ3v) is 4.92. The number of anilines is 1. The van der Waals surface area contributed by atoms with E-state index in [2.05, 4.69) is 15.2 Å². The average Bonchev–Trinajstić information content (AvgIpc) is 2.75. The minimum Gasteiger partial charge on any atom is -0.285 e. The first-order valence-electron chi connectivity index (χ1n) is 8.71. The smallest absolute Gasteiger partial charge is 0.227 e. The number of fused-ring (bicyclic) bond motifs is 3. The normalized spacial score (nSPS) is 14.9. The van der Waals surface area contributed by atoms with Crippen LogP contribution in [0.2, 0.25) is 0 Å². The molecule has 1 aliphatic heterocycles. The Balaban J connectivity index is 1.80. The van der Waals surface area contributed by atoms with Crippen molar-refractivity contribution in [2.24, 2.45) is 10.2 Å². The molecular formula is C22H16N4O. The predicted molar refractivity (Wildman–Crippen MR) is 104 cm³/mol. The van der Waals surface area contributed by atoms with Crippen LogP contribution in [-0.4, -0.2) is 10.2 Å². The summed E-state index contributed by atoms with van der Waals surface area (Å²) in [5, 5.41) is 22.7. The van der Waals surface area contributed by atoms with Crippen LogP contribution >= 0.6 is 0 Å². The van der Waals surface area contributed by atoms with Crippen molar-refractivity contribution >= 4 is 22.3 Å². The molecule has 5 rings (SSSR count). The highest BCUT2D eigenvalue weighted by Gasteiger charge is 2.44. The Hall–Kier alpha value is -3.57. The molecule has 0 fully saturated rings. The maximum absolute atomic E-state index is 11.4. The van der Waals surface area contributed by atoms with E-state index in [0.29, 0.717) is 11.4 Å². The number of rotatable bonds is 2. The van der Waals surface area contributed by atoms with Gasteiger partial charge in [-0.05, 0) is 24.3 Å². The average molecular weight is 352 g/mol. The summed E-state index contributed by atoms with van der Waals surface area (Å²) in [6, 6.07) is 26.9. The van der Waals surface area contributed by atoms with Crippen molar-refractivity contribution in [1.29, 1.82) is 0 Å². The van der Waals surface area contributed by atoms with Crippen molar-refractivity contribution in [3.8, 4) is 0 Å². The summed E-state index contributed by atoms with van der Waals surface area (Å²) in [6.07, 6.45) is 1.74. The zero-order valence-corrected chi connectivity index (χ0v) is 14.4. The van der Waals surface area contributed by atoms with Crippen molar-refractivity contribution < 1.29 is 5.21 Å². The first-order valence-corrected chi connectivity index (χ1v) is 8.71. The SMILES string of the molecule is ON1c2ccc3ncccc3c2N=NC1(c1ccccc1)c1ccccc1. The zero-order valence-electron chi connectivity index (χ0n) is 14.4. The van der Waals surface area contributed by atoms with E-state index in [1.54, 1.807) is 6.20 Å². The summed E-state index contributed by atoms with van der Waals surface area (Å²) in [6.45, 7) is 0. The highest BCUT2D eigenvalue weighted by molar-refractivity contribution is 5.97. The molecule has 0 radical (unpaired) electrons. The lowest BCUT2D eigenvalue weighted by atomic mass is 9.90. The van der Waals surface area contributed by atoms with Crippen LogP contribution in [0.1, 0.15) is 11.1 Å². The van der Waals surface area contributed by atoms with Crippen molar-refractivity contribution in [3.63, 3.8) is 0 Å². The Morgan fingerprint density at radius 3 is 2.07 bits per heavy atom. The molecule has 0 spiro atoms. The Morgan fingerprint density at radius 1 is 0.741 bits per heavy atom. The monoisotopic (exact) mass is 352 g/mol. The maximum atomic E-state index is 11.4. The molecule has 27 heavy (non-hydrogen) atoms. The second kappa shape index (κ2) is 6.00. The third kappa shape index (κ3) is 2.26. The van der Waals surface area contributed by atoms with Gasteiger partial charge in [0.05, 0.1) is 11.2 Å². The van der Waals surface area contributed by atoms with Gasteiger partial charge in [0.15, 0.2) is 0 Å². The second-order valence-corrected chi connectivity index (χ2v) is 6.42. The molecule has 4 aromatic rings. The summed E-state index contributed by atoms with van der Waals surface area (Å²) in [5.41, 5.74) is 2.55. The van der Waals surface area contributed by atoms with E-state index >= 15 is 0 Å². The number of aromatic nitrogens is 1. The molecule has 1 N–H and O–H groups in total. The molecule has 0 saturated carbocycles. The number of hydrogen-bond donors (Lipinski definition) is 1. The predicted octanol–water partition coefficient (Wildman–Crippen LogP) is 5.43. The molecular weight excluding hydrogens is 336 g/mol. The summed E-state index contributed by atoms with van der Waals surface area (Å²) in [7, 11) is 0. The topological polar surface area (TPSA) is 61.1 Å². The Labute approximate surface area is 156 Å². The number of pyridine rings is 1. The fourth-order valence-electron chi connectivity index (χ4n) is 3.61. The van der Waals surface area contributed by atoms with Crippen LogP contribution in [0, 0.1) is 0 Å². The fourth-order valence-corrected chi connectivity index (χ4v) is 3.61. The van der Waals surface area contributed by atoms with Gasteiger partial charge in [0.25, 0.3) is 0 Å². The molecule has 0 atom stereocenters. The number of hydroxylamine groups is 1. The zero-order chi connectivity index (χ0) is 18.3. The molecule has 1 aromatic heterocycles. The van der Waals surface area contributed by atoms with Gasteiger partial charge in [-0.25, -0.2) is 5.06 Å². The van der Waals surface area contributed by atoms with Gasteiger partial charge in [-0.15, -0.1) is 10.2 Å². The number of nitrogens with zero attached hydrogens (tertiary/aromatic N) is 4. The summed E-state index contributed by atoms with van der Waals surface area (Å²) < 4.78 is 0. The minimum atomic E-state index is -1.15.